The minimum absolute atomic E-state index is 0.307. The number of rotatable bonds is 7. The summed E-state index contributed by atoms with van der Waals surface area (Å²) in [6.07, 6.45) is -0.423. The molecule has 2 N–H and O–H groups in total. The van der Waals surface area contributed by atoms with E-state index in [0.717, 1.165) is 5.56 Å². The second-order valence-electron chi connectivity index (χ2n) is 5.93. The standard InChI is InChI=1S/C16H25FN2O3/c1-16(2,3)22-15(20)19(9-11-21-10-8-18)12-13-4-6-14(17)7-5-13/h4-7H,8-12,18H2,1-3H3. The average Bonchev–Trinajstić information content (AvgIpc) is 2.42. The molecule has 1 amide bonds. The Kier molecular flexibility index (Phi) is 7.27. The highest BCUT2D eigenvalue weighted by Crippen LogP contribution is 2.13. The third kappa shape index (κ3) is 7.38. The van der Waals surface area contributed by atoms with E-state index in [0.29, 0.717) is 32.8 Å². The number of halogens is 1. The Balaban J connectivity index is 2.67. The van der Waals surface area contributed by atoms with Crippen LogP contribution in [-0.4, -0.2) is 42.9 Å². The number of carbonyl (C=O) groups is 1. The van der Waals surface area contributed by atoms with Gasteiger partial charge in [0.05, 0.1) is 13.2 Å². The molecular formula is C16H25FN2O3. The largest absolute Gasteiger partial charge is 0.444 e. The zero-order valence-corrected chi connectivity index (χ0v) is 13.5. The highest BCUT2D eigenvalue weighted by Gasteiger charge is 2.22. The minimum Gasteiger partial charge on any atom is -0.444 e. The lowest BCUT2D eigenvalue weighted by Crippen LogP contribution is -2.38. The van der Waals surface area contributed by atoms with Crippen LogP contribution in [0.4, 0.5) is 9.18 Å². The van der Waals surface area contributed by atoms with Crippen molar-refractivity contribution in [3.8, 4) is 0 Å². The van der Waals surface area contributed by atoms with Gasteiger partial charge in [-0.3, -0.25) is 0 Å². The van der Waals surface area contributed by atoms with Gasteiger partial charge in [-0.25, -0.2) is 9.18 Å². The van der Waals surface area contributed by atoms with Crippen molar-refractivity contribution >= 4 is 6.09 Å². The van der Waals surface area contributed by atoms with Crippen LogP contribution in [0.1, 0.15) is 26.3 Å². The van der Waals surface area contributed by atoms with Crippen molar-refractivity contribution in [3.63, 3.8) is 0 Å². The highest BCUT2D eigenvalue weighted by atomic mass is 19.1. The number of hydrogen-bond acceptors (Lipinski definition) is 4. The van der Waals surface area contributed by atoms with Gasteiger partial charge in [-0.15, -0.1) is 0 Å². The predicted octanol–water partition coefficient (Wildman–Crippen LogP) is 2.54. The number of ether oxygens (including phenoxy) is 2. The number of amides is 1. The quantitative estimate of drug-likeness (QED) is 0.786. The van der Waals surface area contributed by atoms with E-state index in [1.807, 2.05) is 20.8 Å². The Labute approximate surface area is 131 Å². The zero-order valence-electron chi connectivity index (χ0n) is 13.5. The number of benzene rings is 1. The molecule has 1 aromatic carbocycles. The first kappa shape index (κ1) is 18.4. The molecule has 0 radical (unpaired) electrons. The molecule has 1 aromatic rings. The van der Waals surface area contributed by atoms with Gasteiger partial charge in [0.1, 0.15) is 11.4 Å². The fraction of sp³-hybridized carbons (Fsp3) is 0.562. The molecule has 0 fully saturated rings. The molecule has 1 rings (SSSR count). The lowest BCUT2D eigenvalue weighted by atomic mass is 10.2. The molecule has 0 heterocycles. The average molecular weight is 312 g/mol. The van der Waals surface area contributed by atoms with Crippen LogP contribution in [0.3, 0.4) is 0 Å². The normalized spacial score (nSPS) is 11.3. The van der Waals surface area contributed by atoms with Gasteiger partial charge >= 0.3 is 6.09 Å². The molecular weight excluding hydrogens is 287 g/mol. The van der Waals surface area contributed by atoms with E-state index in [2.05, 4.69) is 0 Å². The van der Waals surface area contributed by atoms with Crippen molar-refractivity contribution < 1.29 is 18.7 Å². The van der Waals surface area contributed by atoms with Gasteiger partial charge in [0.2, 0.25) is 0 Å². The van der Waals surface area contributed by atoms with Crippen LogP contribution in [0.15, 0.2) is 24.3 Å². The molecule has 0 spiro atoms. The lowest BCUT2D eigenvalue weighted by molar-refractivity contribution is 0.0161. The SMILES string of the molecule is CC(C)(C)OC(=O)N(CCOCCN)Cc1ccc(F)cc1. The van der Waals surface area contributed by atoms with Crippen molar-refractivity contribution in [2.24, 2.45) is 5.73 Å². The highest BCUT2D eigenvalue weighted by molar-refractivity contribution is 5.68. The molecule has 0 aliphatic heterocycles. The van der Waals surface area contributed by atoms with E-state index >= 15 is 0 Å². The van der Waals surface area contributed by atoms with Crippen LogP contribution in [0.5, 0.6) is 0 Å². The van der Waals surface area contributed by atoms with Crippen LogP contribution >= 0.6 is 0 Å². The first-order chi connectivity index (χ1) is 10.3. The smallest absolute Gasteiger partial charge is 0.410 e. The van der Waals surface area contributed by atoms with Gasteiger partial charge in [0.25, 0.3) is 0 Å². The Morgan fingerprint density at radius 2 is 1.86 bits per heavy atom. The number of carbonyl (C=O) groups excluding carboxylic acids is 1. The molecule has 124 valence electrons. The first-order valence-corrected chi connectivity index (χ1v) is 7.32. The molecule has 0 saturated heterocycles. The van der Waals surface area contributed by atoms with E-state index in [1.54, 1.807) is 12.1 Å². The zero-order chi connectivity index (χ0) is 16.6. The second kappa shape index (κ2) is 8.70. The Morgan fingerprint density at radius 3 is 2.41 bits per heavy atom. The maximum absolute atomic E-state index is 13.0. The van der Waals surface area contributed by atoms with E-state index in [9.17, 15) is 9.18 Å². The predicted molar refractivity (Wildman–Crippen MR) is 82.9 cm³/mol. The van der Waals surface area contributed by atoms with E-state index in [4.69, 9.17) is 15.2 Å². The van der Waals surface area contributed by atoms with Crippen LogP contribution in [0.25, 0.3) is 0 Å². The molecule has 0 unspecified atom stereocenters. The van der Waals surface area contributed by atoms with Crippen molar-refractivity contribution in [1.29, 1.82) is 0 Å². The van der Waals surface area contributed by atoms with Gasteiger partial charge in [0.15, 0.2) is 0 Å². The summed E-state index contributed by atoms with van der Waals surface area (Å²) in [6, 6.07) is 6.03. The summed E-state index contributed by atoms with van der Waals surface area (Å²) in [5.41, 5.74) is 5.61. The molecule has 0 aliphatic carbocycles. The van der Waals surface area contributed by atoms with E-state index < -0.39 is 11.7 Å². The Bertz CT molecular complexity index is 457. The second-order valence-corrected chi connectivity index (χ2v) is 5.93. The van der Waals surface area contributed by atoms with Crippen LogP contribution in [-0.2, 0) is 16.0 Å². The van der Waals surface area contributed by atoms with E-state index in [1.165, 1.54) is 17.0 Å². The summed E-state index contributed by atoms with van der Waals surface area (Å²) in [5.74, 6) is -0.307. The summed E-state index contributed by atoms with van der Waals surface area (Å²) in [4.78, 5) is 13.8. The summed E-state index contributed by atoms with van der Waals surface area (Å²) in [6.45, 7) is 7.40. The molecule has 0 saturated carbocycles. The number of hydrogen-bond donors (Lipinski definition) is 1. The van der Waals surface area contributed by atoms with Crippen molar-refractivity contribution in [1.82, 2.24) is 4.90 Å². The third-order valence-electron chi connectivity index (χ3n) is 2.71. The van der Waals surface area contributed by atoms with Gasteiger partial charge in [-0.1, -0.05) is 12.1 Å². The summed E-state index contributed by atoms with van der Waals surface area (Å²) in [7, 11) is 0. The van der Waals surface area contributed by atoms with Gasteiger partial charge in [-0.05, 0) is 38.5 Å². The van der Waals surface area contributed by atoms with Crippen molar-refractivity contribution in [3.05, 3.63) is 35.6 Å². The molecule has 0 bridgehead atoms. The van der Waals surface area contributed by atoms with Gasteiger partial charge in [0, 0.05) is 19.6 Å². The fourth-order valence-corrected chi connectivity index (χ4v) is 1.73. The van der Waals surface area contributed by atoms with Gasteiger partial charge < -0.3 is 20.1 Å². The molecule has 0 aliphatic rings. The topological polar surface area (TPSA) is 64.8 Å². The number of nitrogens with zero attached hydrogens (tertiary/aromatic N) is 1. The lowest BCUT2D eigenvalue weighted by Gasteiger charge is -2.27. The summed E-state index contributed by atoms with van der Waals surface area (Å²) >= 11 is 0. The maximum Gasteiger partial charge on any atom is 0.410 e. The monoisotopic (exact) mass is 312 g/mol. The van der Waals surface area contributed by atoms with Crippen molar-refractivity contribution in [2.75, 3.05) is 26.3 Å². The Hall–Kier alpha value is -1.66. The van der Waals surface area contributed by atoms with E-state index in [-0.39, 0.29) is 5.82 Å². The summed E-state index contributed by atoms with van der Waals surface area (Å²) in [5, 5.41) is 0. The molecule has 6 heteroatoms. The molecule has 0 atom stereocenters. The first-order valence-electron chi connectivity index (χ1n) is 7.32. The van der Waals surface area contributed by atoms with Crippen molar-refractivity contribution in [2.45, 2.75) is 32.9 Å². The molecule has 0 aromatic heterocycles. The number of nitrogens with two attached hydrogens (primary N) is 1. The van der Waals surface area contributed by atoms with Crippen LogP contribution < -0.4 is 5.73 Å². The summed E-state index contributed by atoms with van der Waals surface area (Å²) < 4.78 is 23.7. The van der Waals surface area contributed by atoms with Crippen LogP contribution in [0, 0.1) is 5.82 Å². The van der Waals surface area contributed by atoms with Gasteiger partial charge in [-0.2, -0.15) is 0 Å². The molecule has 22 heavy (non-hydrogen) atoms. The minimum atomic E-state index is -0.573. The fourth-order valence-electron chi connectivity index (χ4n) is 1.73. The molecule has 5 nitrogen and oxygen atoms in total. The Morgan fingerprint density at radius 1 is 1.23 bits per heavy atom. The third-order valence-corrected chi connectivity index (χ3v) is 2.71. The maximum atomic E-state index is 13.0. The van der Waals surface area contributed by atoms with Crippen LogP contribution in [0.2, 0.25) is 0 Å².